The maximum absolute atomic E-state index is 10.5. The summed E-state index contributed by atoms with van der Waals surface area (Å²) in [5, 5.41) is 18.4. The minimum Gasteiger partial charge on any atom is -0.506 e. The van der Waals surface area contributed by atoms with Crippen molar-refractivity contribution in [2.45, 2.75) is 20.3 Å². The van der Waals surface area contributed by atoms with Gasteiger partial charge in [-0.25, -0.2) is 0 Å². The van der Waals surface area contributed by atoms with Gasteiger partial charge in [0.25, 0.3) is 0 Å². The summed E-state index contributed by atoms with van der Waals surface area (Å²) in [6.07, 6.45) is -0.209. The monoisotopic (exact) mass is 214 g/mol. The molecule has 0 heterocycles. The first kappa shape index (κ1) is 10.9. The smallest absolute Gasteiger partial charge is 0.307 e. The molecule has 0 radical (unpaired) electrons. The predicted octanol–water partition coefficient (Wildman–Crippen LogP) is 2.29. The van der Waals surface area contributed by atoms with Gasteiger partial charge in [-0.05, 0) is 31.0 Å². The van der Waals surface area contributed by atoms with Crippen molar-refractivity contribution < 1.29 is 15.0 Å². The molecule has 14 heavy (non-hydrogen) atoms. The van der Waals surface area contributed by atoms with E-state index in [0.29, 0.717) is 5.56 Å². The lowest BCUT2D eigenvalue weighted by Crippen LogP contribution is -2.03. The van der Waals surface area contributed by atoms with Crippen molar-refractivity contribution in [2.75, 3.05) is 0 Å². The zero-order valence-electron chi connectivity index (χ0n) is 7.97. The fourth-order valence-electron chi connectivity index (χ4n) is 1.29. The summed E-state index contributed by atoms with van der Waals surface area (Å²) in [6.45, 7) is 3.59. The Labute approximate surface area is 86.9 Å². The standard InChI is InChI=1S/C10H11ClO3/c1-5-3-8(11)10(14)7(6(5)2)4-9(12)13/h3,14H,4H2,1-2H3,(H,12,13). The number of hydrogen-bond donors (Lipinski definition) is 2. The summed E-state index contributed by atoms with van der Waals surface area (Å²) in [5.41, 5.74) is 2.04. The fourth-order valence-corrected chi connectivity index (χ4v) is 1.57. The number of aromatic hydroxyl groups is 1. The maximum Gasteiger partial charge on any atom is 0.307 e. The van der Waals surface area contributed by atoms with E-state index in [9.17, 15) is 9.90 Å². The van der Waals surface area contributed by atoms with Gasteiger partial charge in [0.1, 0.15) is 5.75 Å². The van der Waals surface area contributed by atoms with Gasteiger partial charge in [0.15, 0.2) is 0 Å². The first-order chi connectivity index (χ1) is 6.43. The first-order valence-electron chi connectivity index (χ1n) is 4.12. The van der Waals surface area contributed by atoms with Crippen molar-refractivity contribution in [3.05, 3.63) is 27.8 Å². The third kappa shape index (κ3) is 1.99. The molecule has 2 N–H and O–H groups in total. The highest BCUT2D eigenvalue weighted by molar-refractivity contribution is 6.32. The van der Waals surface area contributed by atoms with Crippen molar-refractivity contribution in [2.24, 2.45) is 0 Å². The second-order valence-electron chi connectivity index (χ2n) is 3.20. The molecule has 0 atom stereocenters. The van der Waals surface area contributed by atoms with Crippen LogP contribution in [0.25, 0.3) is 0 Å². The summed E-state index contributed by atoms with van der Waals surface area (Å²) < 4.78 is 0. The number of aliphatic carboxylic acids is 1. The molecule has 0 saturated heterocycles. The quantitative estimate of drug-likeness (QED) is 0.794. The Hall–Kier alpha value is -1.22. The van der Waals surface area contributed by atoms with E-state index in [1.807, 2.05) is 6.92 Å². The average molecular weight is 215 g/mol. The van der Waals surface area contributed by atoms with Crippen LogP contribution in [0.2, 0.25) is 5.02 Å². The minimum atomic E-state index is -0.981. The highest BCUT2D eigenvalue weighted by atomic mass is 35.5. The molecule has 0 bridgehead atoms. The van der Waals surface area contributed by atoms with Crippen molar-refractivity contribution in [1.29, 1.82) is 0 Å². The average Bonchev–Trinajstić information content (AvgIpc) is 2.09. The summed E-state index contributed by atoms with van der Waals surface area (Å²) in [7, 11) is 0. The number of benzene rings is 1. The van der Waals surface area contributed by atoms with Crippen molar-refractivity contribution in [3.8, 4) is 5.75 Å². The lowest BCUT2D eigenvalue weighted by atomic mass is 10.00. The van der Waals surface area contributed by atoms with Crippen LogP contribution in [-0.2, 0) is 11.2 Å². The van der Waals surface area contributed by atoms with Gasteiger partial charge >= 0.3 is 5.97 Å². The van der Waals surface area contributed by atoms with Crippen LogP contribution in [0.3, 0.4) is 0 Å². The molecule has 0 fully saturated rings. The molecule has 0 aromatic heterocycles. The molecule has 0 unspecified atom stereocenters. The van der Waals surface area contributed by atoms with Crippen LogP contribution in [0.15, 0.2) is 6.07 Å². The van der Waals surface area contributed by atoms with Gasteiger partial charge < -0.3 is 10.2 Å². The molecule has 0 saturated carbocycles. The molecule has 3 nitrogen and oxygen atoms in total. The van der Waals surface area contributed by atoms with Gasteiger partial charge in [0, 0.05) is 5.56 Å². The van der Waals surface area contributed by atoms with Crippen LogP contribution in [0.4, 0.5) is 0 Å². The zero-order valence-corrected chi connectivity index (χ0v) is 8.72. The largest absolute Gasteiger partial charge is 0.506 e. The normalized spacial score (nSPS) is 10.2. The molecule has 0 aliphatic heterocycles. The Morgan fingerprint density at radius 2 is 2.07 bits per heavy atom. The highest BCUT2D eigenvalue weighted by Gasteiger charge is 2.14. The zero-order chi connectivity index (χ0) is 10.9. The molecule has 1 aromatic carbocycles. The van der Waals surface area contributed by atoms with Gasteiger partial charge in [0.2, 0.25) is 0 Å². The van der Waals surface area contributed by atoms with Gasteiger partial charge in [-0.15, -0.1) is 0 Å². The topological polar surface area (TPSA) is 57.5 Å². The van der Waals surface area contributed by atoms with Crippen LogP contribution in [-0.4, -0.2) is 16.2 Å². The number of carbonyl (C=O) groups is 1. The number of hydrogen-bond acceptors (Lipinski definition) is 2. The predicted molar refractivity (Wildman–Crippen MR) is 53.9 cm³/mol. The van der Waals surface area contributed by atoms with Crippen LogP contribution in [0, 0.1) is 13.8 Å². The van der Waals surface area contributed by atoms with Gasteiger partial charge in [-0.1, -0.05) is 11.6 Å². The Morgan fingerprint density at radius 3 is 2.57 bits per heavy atom. The molecule has 1 aromatic rings. The molecular weight excluding hydrogens is 204 g/mol. The Kier molecular flexibility index (Phi) is 3.01. The number of phenols is 1. The molecule has 0 amide bonds. The molecule has 4 heteroatoms. The van der Waals surface area contributed by atoms with E-state index in [1.165, 1.54) is 0 Å². The number of rotatable bonds is 2. The summed E-state index contributed by atoms with van der Waals surface area (Å²) in [4.78, 5) is 10.5. The summed E-state index contributed by atoms with van der Waals surface area (Å²) >= 11 is 5.73. The molecule has 0 aliphatic carbocycles. The minimum absolute atomic E-state index is 0.128. The summed E-state index contributed by atoms with van der Waals surface area (Å²) in [6, 6.07) is 1.62. The molecular formula is C10H11ClO3. The van der Waals surface area contributed by atoms with E-state index in [2.05, 4.69) is 0 Å². The van der Waals surface area contributed by atoms with Crippen LogP contribution in [0.1, 0.15) is 16.7 Å². The van der Waals surface area contributed by atoms with Crippen molar-refractivity contribution in [1.82, 2.24) is 0 Å². The lowest BCUT2D eigenvalue weighted by molar-refractivity contribution is -0.136. The van der Waals surface area contributed by atoms with E-state index in [1.54, 1.807) is 13.0 Å². The van der Waals surface area contributed by atoms with Gasteiger partial charge in [-0.2, -0.15) is 0 Å². The second-order valence-corrected chi connectivity index (χ2v) is 3.61. The number of aryl methyl sites for hydroxylation is 1. The van der Waals surface area contributed by atoms with Crippen molar-refractivity contribution in [3.63, 3.8) is 0 Å². The maximum atomic E-state index is 10.5. The van der Waals surface area contributed by atoms with Gasteiger partial charge in [0.05, 0.1) is 11.4 Å². The molecule has 1 rings (SSSR count). The van der Waals surface area contributed by atoms with E-state index < -0.39 is 5.97 Å². The second kappa shape index (κ2) is 3.88. The van der Waals surface area contributed by atoms with Crippen LogP contribution in [0.5, 0.6) is 5.75 Å². The van der Waals surface area contributed by atoms with Crippen molar-refractivity contribution >= 4 is 17.6 Å². The Bertz CT molecular complexity index is 359. The number of phenolic OH excluding ortho intramolecular Hbond substituents is 1. The van der Waals surface area contributed by atoms with E-state index >= 15 is 0 Å². The van der Waals surface area contributed by atoms with Crippen LogP contribution < -0.4 is 0 Å². The Balaban J connectivity index is 3.31. The molecule has 0 spiro atoms. The SMILES string of the molecule is Cc1cc(Cl)c(O)c(CC(=O)O)c1C. The Morgan fingerprint density at radius 1 is 1.50 bits per heavy atom. The third-order valence-corrected chi connectivity index (χ3v) is 2.52. The first-order valence-corrected chi connectivity index (χ1v) is 4.50. The summed E-state index contributed by atoms with van der Waals surface area (Å²) in [5.74, 6) is -1.11. The number of halogens is 1. The molecule has 76 valence electrons. The highest BCUT2D eigenvalue weighted by Crippen LogP contribution is 2.32. The molecule has 0 aliphatic rings. The fraction of sp³-hybridized carbons (Fsp3) is 0.300. The third-order valence-electron chi connectivity index (χ3n) is 2.23. The number of carboxylic acids is 1. The lowest BCUT2D eigenvalue weighted by Gasteiger charge is -2.10. The van der Waals surface area contributed by atoms with Gasteiger partial charge in [-0.3, -0.25) is 4.79 Å². The number of carboxylic acid groups (broad SMARTS) is 1. The van der Waals surface area contributed by atoms with E-state index in [4.69, 9.17) is 16.7 Å². The van der Waals surface area contributed by atoms with Crippen LogP contribution >= 0.6 is 11.6 Å². The van der Waals surface area contributed by atoms with E-state index in [0.717, 1.165) is 11.1 Å². The van der Waals surface area contributed by atoms with E-state index in [-0.39, 0.29) is 17.2 Å².